The minimum Gasteiger partial charge on any atom is -0.326 e. The Morgan fingerprint density at radius 2 is 0.407 bits per heavy atom. The van der Waals surface area contributed by atoms with E-state index in [-0.39, 0.29) is 0 Å². The van der Waals surface area contributed by atoms with Crippen molar-refractivity contribution >= 4 is 28.0 Å². The fourth-order valence-corrected chi connectivity index (χ4v) is 6.83. The standard InChI is InChI=1S/C24BF20.C13H30N/c26-5-1(6(27)14(35)21(42)13(5)34)25(2-7(28)15(36)22(43)16(37)8(2)29,3-9(30)17(38)23(44)18(39)10(3)31)4-11(32)19(40)24(45)20(41)12(4)33;1-5-8-11-14(4,12-9-6-2)13-10-7-3/h;5-13H2,1-4H3/q-1;+1. The smallest absolute Gasteiger partial charge is 0.200 e. The Labute approximate surface area is 322 Å². The highest BCUT2D eigenvalue weighted by Gasteiger charge is 2.52. The van der Waals surface area contributed by atoms with E-state index in [2.05, 4.69) is 27.8 Å². The number of unbranched alkanes of at least 4 members (excludes halogenated alkanes) is 3. The van der Waals surface area contributed by atoms with Crippen molar-refractivity contribution in [2.45, 2.75) is 59.3 Å². The van der Waals surface area contributed by atoms with Gasteiger partial charge in [-0.1, -0.05) is 40.0 Å². The van der Waals surface area contributed by atoms with E-state index in [1.807, 2.05) is 0 Å². The van der Waals surface area contributed by atoms with Crippen LogP contribution in [0, 0.1) is 116 Å². The predicted molar refractivity (Wildman–Crippen MR) is 175 cm³/mol. The molecule has 0 saturated heterocycles. The molecule has 0 saturated carbocycles. The second-order valence-electron chi connectivity index (χ2n) is 13.7. The van der Waals surface area contributed by atoms with Crippen LogP contribution < -0.4 is 21.9 Å². The maximum Gasteiger partial charge on any atom is 0.200 e. The predicted octanol–water partition coefficient (Wildman–Crippen LogP) is 9.68. The number of nitrogens with zero attached hydrogens (tertiary/aromatic N) is 1. The highest BCUT2D eigenvalue weighted by Crippen LogP contribution is 2.30. The fourth-order valence-electron chi connectivity index (χ4n) is 6.83. The lowest BCUT2D eigenvalue weighted by atomic mass is 9.12. The highest BCUT2D eigenvalue weighted by atomic mass is 19.2. The van der Waals surface area contributed by atoms with Gasteiger partial charge in [0.2, 0.25) is 0 Å². The first-order chi connectivity index (χ1) is 27.4. The number of hydrogen-bond acceptors (Lipinski definition) is 0. The molecular formula is C37H30BF20N. The van der Waals surface area contributed by atoms with Gasteiger partial charge in [-0.2, -0.15) is 0 Å². The van der Waals surface area contributed by atoms with Crippen molar-refractivity contribution in [3.05, 3.63) is 116 Å². The molecule has 0 spiro atoms. The number of halogens is 20. The topological polar surface area (TPSA) is 0 Å². The largest absolute Gasteiger partial charge is 0.326 e. The summed E-state index contributed by atoms with van der Waals surface area (Å²) < 4.78 is 295. The lowest BCUT2D eigenvalue weighted by molar-refractivity contribution is -0.910. The van der Waals surface area contributed by atoms with Crippen molar-refractivity contribution in [3.8, 4) is 0 Å². The molecule has 0 aliphatic rings. The number of hydrogen-bond donors (Lipinski definition) is 0. The maximum absolute atomic E-state index is 15.4. The summed E-state index contributed by atoms with van der Waals surface area (Å²) in [7, 11) is 2.45. The molecule has 4 aromatic carbocycles. The molecule has 0 bridgehead atoms. The zero-order valence-corrected chi connectivity index (χ0v) is 30.9. The molecule has 1 nitrogen and oxygen atoms in total. The summed E-state index contributed by atoms with van der Waals surface area (Å²) >= 11 is 0. The molecule has 4 rings (SSSR count). The van der Waals surface area contributed by atoms with E-state index in [0.29, 0.717) is 0 Å². The van der Waals surface area contributed by atoms with E-state index in [9.17, 15) is 52.7 Å². The van der Waals surface area contributed by atoms with Crippen LogP contribution in [0.4, 0.5) is 87.8 Å². The van der Waals surface area contributed by atoms with Gasteiger partial charge in [-0.25, -0.2) is 87.8 Å². The molecule has 326 valence electrons. The van der Waals surface area contributed by atoms with Gasteiger partial charge in [-0.05, 0) is 19.3 Å². The second kappa shape index (κ2) is 18.8. The van der Waals surface area contributed by atoms with Crippen molar-refractivity contribution in [1.82, 2.24) is 0 Å². The van der Waals surface area contributed by atoms with Crippen LogP contribution in [-0.4, -0.2) is 37.3 Å². The maximum atomic E-state index is 15.4. The number of rotatable bonds is 13. The monoisotopic (exact) mass is 879 g/mol. The molecule has 0 atom stereocenters. The van der Waals surface area contributed by atoms with Crippen LogP contribution in [0.25, 0.3) is 0 Å². The van der Waals surface area contributed by atoms with Gasteiger partial charge in [0.1, 0.15) is 52.7 Å². The molecule has 0 unspecified atom stereocenters. The van der Waals surface area contributed by atoms with Crippen LogP contribution in [0.15, 0.2) is 0 Å². The molecule has 0 heterocycles. The Kier molecular flexibility index (Phi) is 15.6. The normalized spacial score (nSPS) is 12.0. The molecule has 0 aliphatic carbocycles. The summed E-state index contributed by atoms with van der Waals surface area (Å²) in [5.41, 5.74) is -14.3. The van der Waals surface area contributed by atoms with Gasteiger partial charge in [-0.3, -0.25) is 0 Å². The third kappa shape index (κ3) is 8.33. The zero-order chi connectivity index (χ0) is 45.2. The Bertz CT molecular complexity index is 1820. The van der Waals surface area contributed by atoms with E-state index in [0.717, 1.165) is 0 Å². The molecule has 59 heavy (non-hydrogen) atoms. The van der Waals surface area contributed by atoms with E-state index in [1.165, 1.54) is 62.6 Å². The first kappa shape index (κ1) is 48.9. The van der Waals surface area contributed by atoms with Crippen LogP contribution >= 0.6 is 0 Å². The van der Waals surface area contributed by atoms with Crippen molar-refractivity contribution in [3.63, 3.8) is 0 Å². The molecule has 0 N–H and O–H groups in total. The molecule has 0 amide bonds. The first-order valence-corrected chi connectivity index (χ1v) is 17.5. The van der Waals surface area contributed by atoms with Gasteiger partial charge in [0.15, 0.2) is 69.8 Å². The SMILES string of the molecule is CCCC[N+](C)(CCCC)CCCC.Fc1c(F)c(F)c([B-](c2c(F)c(F)c(F)c(F)c2F)(c2c(F)c(F)c(F)c(F)c2F)c2c(F)c(F)c(F)c(F)c2F)c(F)c1F. The molecule has 4 aromatic rings. The summed E-state index contributed by atoms with van der Waals surface area (Å²) in [4.78, 5) is 0. The summed E-state index contributed by atoms with van der Waals surface area (Å²) in [5, 5.41) is 0. The van der Waals surface area contributed by atoms with Crippen molar-refractivity contribution in [2.75, 3.05) is 26.7 Å². The Morgan fingerprint density at radius 3 is 0.542 bits per heavy atom. The van der Waals surface area contributed by atoms with Crippen molar-refractivity contribution in [1.29, 1.82) is 0 Å². The third-order valence-corrected chi connectivity index (χ3v) is 9.86. The van der Waals surface area contributed by atoms with Crippen LogP contribution in [0.5, 0.6) is 0 Å². The molecule has 0 fully saturated rings. The van der Waals surface area contributed by atoms with Crippen molar-refractivity contribution < 1.29 is 92.3 Å². The van der Waals surface area contributed by atoms with Gasteiger partial charge in [-0.15, -0.1) is 21.9 Å². The lowest BCUT2D eigenvalue weighted by Crippen LogP contribution is -2.81. The average Bonchev–Trinajstić information content (AvgIpc) is 3.21. The fraction of sp³-hybridized carbons (Fsp3) is 0.351. The van der Waals surface area contributed by atoms with E-state index in [1.54, 1.807) is 0 Å². The second-order valence-corrected chi connectivity index (χ2v) is 13.7. The van der Waals surface area contributed by atoms with Gasteiger partial charge in [0.05, 0.1) is 26.7 Å². The van der Waals surface area contributed by atoms with E-state index >= 15 is 35.1 Å². The number of quaternary nitrogens is 1. The van der Waals surface area contributed by atoms with Gasteiger partial charge < -0.3 is 4.48 Å². The van der Waals surface area contributed by atoms with Crippen LogP contribution in [-0.2, 0) is 0 Å². The minimum atomic E-state index is -7.22. The number of benzene rings is 4. The quantitative estimate of drug-likeness (QED) is 0.0413. The first-order valence-electron chi connectivity index (χ1n) is 17.5. The molecule has 0 aliphatic heterocycles. The Hall–Kier alpha value is -4.50. The van der Waals surface area contributed by atoms with Crippen LogP contribution in [0.3, 0.4) is 0 Å². The van der Waals surface area contributed by atoms with E-state index < -0.39 is 144 Å². The van der Waals surface area contributed by atoms with Crippen molar-refractivity contribution in [2.24, 2.45) is 0 Å². The molecule has 0 aromatic heterocycles. The highest BCUT2D eigenvalue weighted by molar-refractivity contribution is 7.20. The van der Waals surface area contributed by atoms with Gasteiger partial charge in [0.25, 0.3) is 0 Å². The zero-order valence-electron chi connectivity index (χ0n) is 30.9. The Balaban J connectivity index is 0.000000567. The van der Waals surface area contributed by atoms with Crippen LogP contribution in [0.2, 0.25) is 0 Å². The van der Waals surface area contributed by atoms with E-state index in [4.69, 9.17) is 0 Å². The Morgan fingerprint density at radius 1 is 0.271 bits per heavy atom. The van der Waals surface area contributed by atoms with Gasteiger partial charge >= 0.3 is 0 Å². The summed E-state index contributed by atoms with van der Waals surface area (Å²) in [6.07, 6.45) is 0.979. The lowest BCUT2D eigenvalue weighted by Gasteiger charge is -2.44. The van der Waals surface area contributed by atoms with Gasteiger partial charge in [0, 0.05) is 0 Å². The third-order valence-electron chi connectivity index (χ3n) is 9.86. The molecular weight excluding hydrogens is 849 g/mol. The molecule has 22 heteroatoms. The van der Waals surface area contributed by atoms with Crippen LogP contribution in [0.1, 0.15) is 59.3 Å². The summed E-state index contributed by atoms with van der Waals surface area (Å²) in [6, 6.07) is 0. The minimum absolute atomic E-state index is 1.32. The molecule has 0 radical (unpaired) electrons. The average molecular weight is 879 g/mol. The summed E-state index contributed by atoms with van der Waals surface area (Å²) in [6.45, 7) is 11.0. The summed E-state index contributed by atoms with van der Waals surface area (Å²) in [5.74, 6) is -71.4.